The summed E-state index contributed by atoms with van der Waals surface area (Å²) in [6, 6.07) is -0.444. The number of carbonyl (C=O) groups excluding carboxylic acids is 1. The Bertz CT molecular complexity index is 505. The van der Waals surface area contributed by atoms with E-state index in [1.54, 1.807) is 18.7 Å². The fourth-order valence-electron chi connectivity index (χ4n) is 1.98. The first-order chi connectivity index (χ1) is 9.49. The van der Waals surface area contributed by atoms with Crippen LogP contribution in [0.25, 0.3) is 0 Å². The van der Waals surface area contributed by atoms with Crippen LogP contribution in [-0.4, -0.2) is 53.1 Å². The molecule has 1 aromatic heterocycles. The van der Waals surface area contributed by atoms with Gasteiger partial charge >= 0.3 is 0 Å². The summed E-state index contributed by atoms with van der Waals surface area (Å²) in [6.07, 6.45) is 0. The predicted molar refractivity (Wildman–Crippen MR) is 76.7 cm³/mol. The Morgan fingerprint density at radius 3 is 2.75 bits per heavy atom. The largest absolute Gasteiger partial charge is 0.394 e. The van der Waals surface area contributed by atoms with Crippen LogP contribution < -0.4 is 11.1 Å². The Kier molecular flexibility index (Phi) is 4.61. The van der Waals surface area contributed by atoms with Crippen LogP contribution in [-0.2, 0) is 9.53 Å². The van der Waals surface area contributed by atoms with Gasteiger partial charge in [-0.05, 0) is 25.4 Å². The van der Waals surface area contributed by atoms with E-state index in [9.17, 15) is 4.79 Å². The predicted octanol–water partition coefficient (Wildman–Crippen LogP) is 0.680. The lowest BCUT2D eigenvalue weighted by Gasteiger charge is -2.29. The monoisotopic (exact) mass is 299 g/mol. The average molecular weight is 300 g/mol. The maximum atomic E-state index is 12.3. The van der Waals surface area contributed by atoms with Gasteiger partial charge in [0, 0.05) is 13.1 Å². The first-order valence-electron chi connectivity index (χ1n) is 6.41. The van der Waals surface area contributed by atoms with Crippen molar-refractivity contribution in [1.29, 1.82) is 0 Å². The van der Waals surface area contributed by atoms with Crippen molar-refractivity contribution in [2.24, 2.45) is 0 Å². The average Bonchev–Trinajstić information content (AvgIpc) is 2.44. The maximum absolute atomic E-state index is 12.3. The molecule has 2 rings (SSSR count). The number of aromatic nitrogens is 2. The van der Waals surface area contributed by atoms with Gasteiger partial charge in [-0.2, -0.15) is 4.98 Å². The number of nitrogens with one attached hydrogen (secondary N) is 1. The van der Waals surface area contributed by atoms with Gasteiger partial charge in [0.1, 0.15) is 6.04 Å². The van der Waals surface area contributed by atoms with Gasteiger partial charge in [-0.25, -0.2) is 4.98 Å². The third-order valence-electron chi connectivity index (χ3n) is 3.16. The highest BCUT2D eigenvalue weighted by Crippen LogP contribution is 2.21. The summed E-state index contributed by atoms with van der Waals surface area (Å²) in [6.45, 7) is 5.84. The Morgan fingerprint density at radius 2 is 2.10 bits per heavy atom. The Balaban J connectivity index is 2.07. The number of morpholine rings is 1. The van der Waals surface area contributed by atoms with Crippen LogP contribution in [0, 0.1) is 6.92 Å². The third-order valence-corrected chi connectivity index (χ3v) is 3.32. The van der Waals surface area contributed by atoms with Gasteiger partial charge in [-0.1, -0.05) is 0 Å². The Labute approximate surface area is 122 Å². The van der Waals surface area contributed by atoms with Crippen LogP contribution in [0.2, 0.25) is 5.28 Å². The number of nitrogens with two attached hydrogens (primary N) is 1. The quantitative estimate of drug-likeness (QED) is 0.797. The second-order valence-corrected chi connectivity index (χ2v) is 4.98. The lowest BCUT2D eigenvalue weighted by molar-refractivity contribution is -0.135. The van der Waals surface area contributed by atoms with Crippen molar-refractivity contribution >= 4 is 29.0 Å². The van der Waals surface area contributed by atoms with Gasteiger partial charge in [0.15, 0.2) is 5.82 Å². The van der Waals surface area contributed by atoms with Crippen molar-refractivity contribution < 1.29 is 9.53 Å². The summed E-state index contributed by atoms with van der Waals surface area (Å²) in [5.74, 6) is 0.372. The number of ether oxygens (including phenoxy) is 1. The number of nitrogen functional groups attached to an aromatic ring is 1. The second kappa shape index (κ2) is 6.23. The Morgan fingerprint density at radius 1 is 1.45 bits per heavy atom. The van der Waals surface area contributed by atoms with Crippen LogP contribution in [0.5, 0.6) is 0 Å². The summed E-state index contributed by atoms with van der Waals surface area (Å²) < 4.78 is 5.23. The lowest BCUT2D eigenvalue weighted by atomic mass is 10.2. The number of hydrogen-bond donors (Lipinski definition) is 2. The van der Waals surface area contributed by atoms with E-state index in [4.69, 9.17) is 22.1 Å². The highest BCUT2D eigenvalue weighted by Gasteiger charge is 2.23. The Hall–Kier alpha value is -1.60. The molecular formula is C12H18ClN5O2. The highest BCUT2D eigenvalue weighted by atomic mass is 35.5. The van der Waals surface area contributed by atoms with Gasteiger partial charge in [-0.3, -0.25) is 4.79 Å². The molecule has 3 N–H and O–H groups in total. The molecule has 0 aromatic carbocycles. The molecule has 1 atom stereocenters. The minimum atomic E-state index is -0.444. The number of halogens is 1. The van der Waals surface area contributed by atoms with Crippen LogP contribution in [0.3, 0.4) is 0 Å². The molecule has 1 aliphatic heterocycles. The second-order valence-electron chi connectivity index (χ2n) is 4.64. The fraction of sp³-hybridized carbons (Fsp3) is 0.583. The molecule has 1 fully saturated rings. The smallest absolute Gasteiger partial charge is 0.244 e. The standard InChI is InChI=1S/C12H18ClN5O2/c1-7-9(14)10(17-12(13)16-7)15-8(2)11(19)18-3-5-20-6-4-18/h8H,3-6,14H2,1-2H3,(H,15,16,17). The van der Waals surface area contributed by atoms with Crippen LogP contribution >= 0.6 is 11.6 Å². The van der Waals surface area contributed by atoms with Crippen LogP contribution in [0.4, 0.5) is 11.5 Å². The summed E-state index contributed by atoms with van der Waals surface area (Å²) in [4.78, 5) is 22.0. The summed E-state index contributed by atoms with van der Waals surface area (Å²) in [5.41, 5.74) is 6.87. The van der Waals surface area contributed by atoms with Gasteiger partial charge in [0.25, 0.3) is 0 Å². The molecular weight excluding hydrogens is 282 g/mol. The molecule has 1 saturated heterocycles. The zero-order valence-electron chi connectivity index (χ0n) is 11.5. The number of hydrogen-bond acceptors (Lipinski definition) is 6. The van der Waals surface area contributed by atoms with E-state index in [0.29, 0.717) is 43.5 Å². The van der Waals surface area contributed by atoms with Crippen LogP contribution in [0.1, 0.15) is 12.6 Å². The molecule has 1 unspecified atom stereocenters. The zero-order valence-corrected chi connectivity index (χ0v) is 12.3. The lowest BCUT2D eigenvalue weighted by Crippen LogP contribution is -2.47. The molecule has 0 saturated carbocycles. The molecule has 1 amide bonds. The molecule has 0 spiro atoms. The number of anilines is 2. The van der Waals surface area contributed by atoms with Crippen molar-refractivity contribution in [3.63, 3.8) is 0 Å². The summed E-state index contributed by atoms with van der Waals surface area (Å²) >= 11 is 5.80. The van der Waals surface area contributed by atoms with Crippen molar-refractivity contribution in [3.8, 4) is 0 Å². The molecule has 2 heterocycles. The molecule has 1 aromatic rings. The molecule has 1 aliphatic rings. The van der Waals surface area contributed by atoms with Crippen molar-refractivity contribution in [2.75, 3.05) is 37.4 Å². The fourth-order valence-corrected chi connectivity index (χ4v) is 2.19. The molecule has 0 bridgehead atoms. The van der Waals surface area contributed by atoms with E-state index in [1.807, 2.05) is 0 Å². The van der Waals surface area contributed by atoms with Crippen LogP contribution in [0.15, 0.2) is 0 Å². The molecule has 7 nitrogen and oxygen atoms in total. The minimum Gasteiger partial charge on any atom is -0.394 e. The topological polar surface area (TPSA) is 93.4 Å². The van der Waals surface area contributed by atoms with E-state index < -0.39 is 6.04 Å². The van der Waals surface area contributed by atoms with Crippen molar-refractivity contribution in [3.05, 3.63) is 11.0 Å². The van der Waals surface area contributed by atoms with Crippen molar-refractivity contribution in [1.82, 2.24) is 14.9 Å². The molecule has 0 aliphatic carbocycles. The number of rotatable bonds is 3. The highest BCUT2D eigenvalue weighted by molar-refractivity contribution is 6.28. The molecule has 110 valence electrons. The minimum absolute atomic E-state index is 0.0138. The first-order valence-corrected chi connectivity index (χ1v) is 6.79. The number of amides is 1. The van der Waals surface area contributed by atoms with Crippen molar-refractivity contribution in [2.45, 2.75) is 19.9 Å². The summed E-state index contributed by atoms with van der Waals surface area (Å²) in [5, 5.41) is 3.10. The first kappa shape index (κ1) is 14.8. The van der Waals surface area contributed by atoms with E-state index in [0.717, 1.165) is 0 Å². The molecule has 20 heavy (non-hydrogen) atoms. The van der Waals surface area contributed by atoms with E-state index >= 15 is 0 Å². The third kappa shape index (κ3) is 3.29. The molecule has 8 heteroatoms. The van der Waals surface area contributed by atoms with E-state index in [1.165, 1.54) is 0 Å². The maximum Gasteiger partial charge on any atom is 0.244 e. The van der Waals surface area contributed by atoms with Gasteiger partial charge < -0.3 is 20.7 Å². The van der Waals surface area contributed by atoms with Gasteiger partial charge in [-0.15, -0.1) is 0 Å². The number of nitrogens with zero attached hydrogens (tertiary/aromatic N) is 3. The summed E-state index contributed by atoms with van der Waals surface area (Å²) in [7, 11) is 0. The SMILES string of the molecule is Cc1nc(Cl)nc(NC(C)C(=O)N2CCOCC2)c1N. The van der Waals surface area contributed by atoms with E-state index in [-0.39, 0.29) is 11.2 Å². The molecule has 0 radical (unpaired) electrons. The van der Waals surface area contributed by atoms with Gasteiger partial charge in [0.05, 0.1) is 24.6 Å². The normalized spacial score (nSPS) is 16.9. The zero-order chi connectivity index (χ0) is 14.7. The van der Waals surface area contributed by atoms with E-state index in [2.05, 4.69) is 15.3 Å². The van der Waals surface area contributed by atoms with Gasteiger partial charge in [0.2, 0.25) is 11.2 Å². The number of aryl methyl sites for hydroxylation is 1. The number of carbonyl (C=O) groups is 1.